The second-order valence-electron chi connectivity index (χ2n) is 11.2. The van der Waals surface area contributed by atoms with Crippen molar-refractivity contribution in [3.05, 3.63) is 61.2 Å². The number of rotatable bonds is 11. The molecule has 1 aliphatic carbocycles. The van der Waals surface area contributed by atoms with E-state index in [9.17, 15) is 19.5 Å². The van der Waals surface area contributed by atoms with E-state index in [4.69, 9.17) is 4.74 Å². The Morgan fingerprint density at radius 3 is 2.56 bits per heavy atom. The molecule has 210 valence electrons. The number of esters is 1. The van der Waals surface area contributed by atoms with Crippen molar-refractivity contribution in [3.8, 4) is 0 Å². The Balaban J connectivity index is 1.57. The molecule has 4 fully saturated rings. The number of carbonyl (C=O) groups is 3. The van der Waals surface area contributed by atoms with Gasteiger partial charge in [-0.2, -0.15) is 0 Å². The lowest BCUT2D eigenvalue weighted by atomic mass is 9.71. The summed E-state index contributed by atoms with van der Waals surface area (Å²) in [5, 5.41) is 10.6. The predicted octanol–water partition coefficient (Wildman–Crippen LogP) is 4.28. The van der Waals surface area contributed by atoms with Crippen molar-refractivity contribution < 1.29 is 24.2 Å². The molecule has 3 aliphatic heterocycles. The fourth-order valence-corrected chi connectivity index (χ4v) is 9.64. The first kappa shape index (κ1) is 28.0. The molecule has 8 heteroatoms. The largest absolute Gasteiger partial charge is 0.465 e. The minimum atomic E-state index is -0.768. The van der Waals surface area contributed by atoms with E-state index in [2.05, 4.69) is 13.2 Å². The molecule has 6 atom stereocenters. The Morgan fingerprint density at radius 1 is 1.15 bits per heavy atom. The minimum absolute atomic E-state index is 0.0560. The molecule has 0 aromatic heterocycles. The molecule has 1 spiro atoms. The van der Waals surface area contributed by atoms with E-state index in [0.717, 1.165) is 37.7 Å². The van der Waals surface area contributed by atoms with E-state index < -0.39 is 28.7 Å². The van der Waals surface area contributed by atoms with E-state index >= 15 is 0 Å². The summed E-state index contributed by atoms with van der Waals surface area (Å²) >= 11 is 1.64. The molecule has 0 radical (unpaired) electrons. The van der Waals surface area contributed by atoms with Gasteiger partial charge in [0.15, 0.2) is 0 Å². The van der Waals surface area contributed by atoms with E-state index in [1.165, 1.54) is 6.42 Å². The Morgan fingerprint density at radius 2 is 1.90 bits per heavy atom. The van der Waals surface area contributed by atoms with Crippen LogP contribution in [0.1, 0.15) is 63.0 Å². The SMILES string of the molecule is C=CCCOC(=O)[C@@H]1[C@@H]2CCC3(S2)C(C(=O)N(CC=C)C2CCCCC2)N([C@H](CO)c2ccccc2)C(=O)[C@H]13. The lowest BCUT2D eigenvalue weighted by molar-refractivity contribution is -0.154. The number of thioether (sulfide) groups is 1. The van der Waals surface area contributed by atoms with E-state index in [1.807, 2.05) is 35.2 Å². The molecule has 2 bridgehead atoms. The number of hydrogen-bond donors (Lipinski definition) is 1. The van der Waals surface area contributed by atoms with Crippen LogP contribution in [0.25, 0.3) is 0 Å². The van der Waals surface area contributed by atoms with Gasteiger partial charge in [0.05, 0.1) is 35.8 Å². The van der Waals surface area contributed by atoms with Crippen LogP contribution in [0.15, 0.2) is 55.6 Å². The minimum Gasteiger partial charge on any atom is -0.465 e. The van der Waals surface area contributed by atoms with Crippen molar-refractivity contribution >= 4 is 29.5 Å². The zero-order valence-corrected chi connectivity index (χ0v) is 23.4. The van der Waals surface area contributed by atoms with Gasteiger partial charge < -0.3 is 19.6 Å². The summed E-state index contributed by atoms with van der Waals surface area (Å²) in [6, 6.07) is 8.06. The topological polar surface area (TPSA) is 87.2 Å². The fourth-order valence-electron chi connectivity index (χ4n) is 7.45. The third kappa shape index (κ3) is 4.84. The highest BCUT2D eigenvalue weighted by atomic mass is 32.2. The standard InChI is InChI=1S/C31H40N2O5S/c1-3-5-19-38-30(37)25-24-16-17-31(39-24)26(25)28(35)33(23(20-34)21-12-8-6-9-13-21)27(31)29(36)32(18-4-2)22-14-10-7-11-15-22/h3-4,6,8-9,12-13,22-27,34H,1-2,5,7,10-11,14-20H2/t23-,24+,25-,26+,27?,31?/m1/s1. The third-order valence-corrected chi connectivity index (χ3v) is 11.1. The van der Waals surface area contributed by atoms with E-state index in [-0.39, 0.29) is 42.3 Å². The van der Waals surface area contributed by atoms with E-state index in [1.54, 1.807) is 28.8 Å². The number of nitrogens with zero attached hydrogens (tertiary/aromatic N) is 2. The number of aliphatic hydroxyl groups excluding tert-OH is 1. The van der Waals surface area contributed by atoms with Gasteiger partial charge in [0.1, 0.15) is 6.04 Å². The molecular weight excluding hydrogens is 512 g/mol. The lowest BCUT2D eigenvalue weighted by Gasteiger charge is -2.42. The number of carbonyl (C=O) groups excluding carboxylic acids is 3. The highest BCUT2D eigenvalue weighted by molar-refractivity contribution is 8.02. The number of fused-ring (bicyclic) bond motifs is 1. The predicted molar refractivity (Wildman–Crippen MR) is 152 cm³/mol. The van der Waals surface area contributed by atoms with Gasteiger partial charge in [-0.25, -0.2) is 0 Å². The van der Waals surface area contributed by atoms with Crippen LogP contribution in [0.3, 0.4) is 0 Å². The van der Waals surface area contributed by atoms with Crippen molar-refractivity contribution in [2.75, 3.05) is 19.8 Å². The molecular formula is C31H40N2O5S. The van der Waals surface area contributed by atoms with Gasteiger partial charge in [-0.05, 0) is 37.7 Å². The molecule has 4 aliphatic rings. The Kier molecular flexibility index (Phi) is 8.52. The number of benzene rings is 1. The van der Waals surface area contributed by atoms with Crippen LogP contribution in [0.4, 0.5) is 0 Å². The zero-order chi connectivity index (χ0) is 27.6. The van der Waals surface area contributed by atoms with Crippen molar-refractivity contribution in [1.29, 1.82) is 0 Å². The van der Waals surface area contributed by atoms with Crippen LogP contribution in [-0.4, -0.2) is 74.5 Å². The van der Waals surface area contributed by atoms with Crippen LogP contribution < -0.4 is 0 Å². The summed E-state index contributed by atoms with van der Waals surface area (Å²) in [6.07, 6.45) is 10.6. The number of ether oxygens (including phenoxy) is 1. The number of hydrogen-bond acceptors (Lipinski definition) is 6. The van der Waals surface area contributed by atoms with Gasteiger partial charge in [0.25, 0.3) is 0 Å². The van der Waals surface area contributed by atoms with Gasteiger partial charge in [-0.1, -0.05) is 61.7 Å². The highest BCUT2D eigenvalue weighted by Gasteiger charge is 2.75. The summed E-state index contributed by atoms with van der Waals surface area (Å²) < 4.78 is 4.88. The van der Waals surface area contributed by atoms with Crippen LogP contribution in [0.5, 0.6) is 0 Å². The van der Waals surface area contributed by atoms with Gasteiger partial charge in [-0.15, -0.1) is 24.9 Å². The summed E-state index contributed by atoms with van der Waals surface area (Å²) in [4.78, 5) is 46.1. The van der Waals surface area contributed by atoms with Crippen LogP contribution >= 0.6 is 11.8 Å². The lowest BCUT2D eigenvalue weighted by Crippen LogP contribution is -2.57. The van der Waals surface area contributed by atoms with Gasteiger partial charge in [-0.3, -0.25) is 14.4 Å². The Bertz CT molecular complexity index is 1090. The van der Waals surface area contributed by atoms with Crippen molar-refractivity contribution in [1.82, 2.24) is 9.80 Å². The summed E-state index contributed by atoms with van der Waals surface area (Å²) in [5.41, 5.74) is 0.778. The van der Waals surface area contributed by atoms with Crippen LogP contribution in [0.2, 0.25) is 0 Å². The van der Waals surface area contributed by atoms with Gasteiger partial charge >= 0.3 is 5.97 Å². The number of amides is 2. The molecule has 1 N–H and O–H groups in total. The summed E-state index contributed by atoms with van der Waals surface area (Å²) in [7, 11) is 0. The molecule has 7 nitrogen and oxygen atoms in total. The maximum atomic E-state index is 14.7. The zero-order valence-electron chi connectivity index (χ0n) is 22.6. The molecule has 3 heterocycles. The molecule has 2 amide bonds. The first-order valence-corrected chi connectivity index (χ1v) is 15.2. The fraction of sp³-hybridized carbons (Fsp3) is 0.581. The van der Waals surface area contributed by atoms with Crippen LogP contribution in [-0.2, 0) is 19.1 Å². The molecule has 5 rings (SSSR count). The Labute approximate surface area is 235 Å². The molecule has 39 heavy (non-hydrogen) atoms. The maximum Gasteiger partial charge on any atom is 0.310 e. The van der Waals surface area contributed by atoms with Gasteiger partial charge in [0.2, 0.25) is 11.8 Å². The second kappa shape index (κ2) is 11.9. The Hall–Kier alpha value is -2.58. The molecule has 1 aromatic carbocycles. The smallest absolute Gasteiger partial charge is 0.310 e. The van der Waals surface area contributed by atoms with Crippen molar-refractivity contribution in [3.63, 3.8) is 0 Å². The van der Waals surface area contributed by atoms with Crippen LogP contribution in [0, 0.1) is 11.8 Å². The first-order valence-electron chi connectivity index (χ1n) is 14.3. The second-order valence-corrected chi connectivity index (χ2v) is 12.8. The highest BCUT2D eigenvalue weighted by Crippen LogP contribution is 2.67. The first-order chi connectivity index (χ1) is 19.0. The average molecular weight is 553 g/mol. The monoisotopic (exact) mass is 552 g/mol. The quantitative estimate of drug-likeness (QED) is 0.251. The number of aliphatic hydroxyl groups is 1. The molecule has 1 saturated carbocycles. The van der Waals surface area contributed by atoms with Gasteiger partial charge in [0, 0.05) is 17.8 Å². The normalized spacial score (nSPS) is 30.6. The molecule has 3 saturated heterocycles. The van der Waals surface area contributed by atoms with Crippen molar-refractivity contribution in [2.24, 2.45) is 11.8 Å². The molecule has 2 unspecified atom stereocenters. The number of likely N-dealkylation sites (tertiary alicyclic amines) is 1. The average Bonchev–Trinajstić information content (AvgIpc) is 3.61. The van der Waals surface area contributed by atoms with E-state index in [0.29, 0.717) is 19.4 Å². The molecule has 1 aromatic rings. The third-order valence-electron chi connectivity index (χ3n) is 9.13. The van der Waals surface area contributed by atoms with Crippen molar-refractivity contribution in [2.45, 2.75) is 79.5 Å². The summed E-state index contributed by atoms with van der Waals surface area (Å²) in [6.45, 7) is 7.96. The maximum absolute atomic E-state index is 14.7. The summed E-state index contributed by atoms with van der Waals surface area (Å²) in [5.74, 6) is -1.92.